The molecule has 5 heteroatoms. The highest BCUT2D eigenvalue weighted by atomic mass is 35.5. The summed E-state index contributed by atoms with van der Waals surface area (Å²) in [7, 11) is 0. The zero-order valence-electron chi connectivity index (χ0n) is 13.2. The lowest BCUT2D eigenvalue weighted by atomic mass is 9.96. The second kappa shape index (κ2) is 8.19. The topological polar surface area (TPSA) is 32.3 Å². The molecule has 0 spiro atoms. The van der Waals surface area contributed by atoms with E-state index in [-0.39, 0.29) is 17.9 Å². The third-order valence-electron chi connectivity index (χ3n) is 4.29. The van der Waals surface area contributed by atoms with Gasteiger partial charge in [-0.3, -0.25) is 9.69 Å². The Morgan fingerprint density at radius 2 is 2.23 bits per heavy atom. The molecule has 1 aromatic rings. The zero-order valence-corrected chi connectivity index (χ0v) is 14.8. The lowest BCUT2D eigenvalue weighted by molar-refractivity contribution is -0.127. The van der Waals surface area contributed by atoms with Crippen molar-refractivity contribution in [3.05, 3.63) is 33.8 Å². The first-order valence-electron chi connectivity index (χ1n) is 7.96. The molecule has 1 N–H and O–H groups in total. The van der Waals surface area contributed by atoms with E-state index in [9.17, 15) is 4.79 Å². The number of amides is 1. The van der Waals surface area contributed by atoms with Gasteiger partial charge in [-0.2, -0.15) is 0 Å². The molecule has 1 fully saturated rings. The van der Waals surface area contributed by atoms with Gasteiger partial charge in [-0.15, -0.1) is 0 Å². The fourth-order valence-corrected chi connectivity index (χ4v) is 3.23. The molecule has 1 saturated heterocycles. The van der Waals surface area contributed by atoms with Gasteiger partial charge < -0.3 is 5.32 Å². The van der Waals surface area contributed by atoms with Crippen molar-refractivity contribution >= 4 is 29.1 Å². The third-order valence-corrected chi connectivity index (χ3v) is 4.87. The molecule has 1 amide bonds. The Morgan fingerprint density at radius 1 is 1.45 bits per heavy atom. The van der Waals surface area contributed by atoms with Gasteiger partial charge in [0.15, 0.2) is 0 Å². The number of halogens is 2. The first kappa shape index (κ1) is 17.6. The Balaban J connectivity index is 1.94. The minimum absolute atomic E-state index is 0.0776. The first-order chi connectivity index (χ1) is 10.5. The maximum absolute atomic E-state index is 12.3. The van der Waals surface area contributed by atoms with Crippen molar-refractivity contribution in [2.75, 3.05) is 13.1 Å². The quantitative estimate of drug-likeness (QED) is 0.872. The Labute approximate surface area is 143 Å². The summed E-state index contributed by atoms with van der Waals surface area (Å²) in [4.78, 5) is 14.6. The minimum atomic E-state index is 0.0776. The van der Waals surface area contributed by atoms with Crippen LogP contribution in [0.1, 0.15) is 38.7 Å². The van der Waals surface area contributed by atoms with Crippen LogP contribution in [0.2, 0.25) is 10.0 Å². The number of hydrogen-bond acceptors (Lipinski definition) is 2. The molecule has 2 atom stereocenters. The number of piperidine rings is 1. The highest BCUT2D eigenvalue weighted by molar-refractivity contribution is 6.35. The van der Waals surface area contributed by atoms with Crippen molar-refractivity contribution in [1.29, 1.82) is 0 Å². The van der Waals surface area contributed by atoms with Crippen LogP contribution >= 0.6 is 23.2 Å². The molecule has 1 aliphatic heterocycles. The molecule has 0 radical (unpaired) electrons. The highest BCUT2D eigenvalue weighted by Gasteiger charge is 2.26. The average molecular weight is 343 g/mol. The zero-order chi connectivity index (χ0) is 16.1. The molecule has 0 aromatic heterocycles. The molecule has 1 aromatic carbocycles. The van der Waals surface area contributed by atoms with Crippen molar-refractivity contribution in [2.45, 2.75) is 45.7 Å². The molecular weight excluding hydrogens is 319 g/mol. The standard InChI is InChI=1S/C17H24Cl2N2O/c1-3-12(2)20-17(22)14-5-4-8-21(11-14)10-13-6-7-15(18)9-16(13)19/h6-7,9,12,14H,3-5,8,10-11H2,1-2H3,(H,20,22)/t12-,14+/m0/s1. The van der Waals surface area contributed by atoms with Gasteiger partial charge >= 0.3 is 0 Å². The van der Waals surface area contributed by atoms with E-state index in [0.717, 1.165) is 44.5 Å². The smallest absolute Gasteiger partial charge is 0.224 e. The summed E-state index contributed by atoms with van der Waals surface area (Å²) in [5, 5.41) is 4.44. The van der Waals surface area contributed by atoms with E-state index < -0.39 is 0 Å². The summed E-state index contributed by atoms with van der Waals surface area (Å²) in [5.41, 5.74) is 1.06. The van der Waals surface area contributed by atoms with Gasteiger partial charge in [-0.1, -0.05) is 36.2 Å². The summed E-state index contributed by atoms with van der Waals surface area (Å²) < 4.78 is 0. The van der Waals surface area contributed by atoms with E-state index in [1.807, 2.05) is 19.1 Å². The van der Waals surface area contributed by atoms with Crippen LogP contribution < -0.4 is 5.32 Å². The number of nitrogens with zero attached hydrogens (tertiary/aromatic N) is 1. The number of hydrogen-bond donors (Lipinski definition) is 1. The lowest BCUT2D eigenvalue weighted by Crippen LogP contribution is -2.44. The van der Waals surface area contributed by atoms with Gasteiger partial charge in [0.1, 0.15) is 0 Å². The number of likely N-dealkylation sites (tertiary alicyclic amines) is 1. The predicted octanol–water partition coefficient (Wildman–Crippen LogP) is 4.12. The second-order valence-corrected chi connectivity index (χ2v) is 6.97. The molecular formula is C17H24Cl2N2O. The van der Waals surface area contributed by atoms with Crippen molar-refractivity contribution < 1.29 is 4.79 Å². The molecule has 22 heavy (non-hydrogen) atoms. The Morgan fingerprint density at radius 3 is 2.91 bits per heavy atom. The van der Waals surface area contributed by atoms with Crippen LogP contribution in [0.4, 0.5) is 0 Å². The van der Waals surface area contributed by atoms with Gasteiger partial charge in [-0.05, 0) is 50.4 Å². The van der Waals surface area contributed by atoms with Crippen LogP contribution in [0, 0.1) is 5.92 Å². The van der Waals surface area contributed by atoms with E-state index in [4.69, 9.17) is 23.2 Å². The molecule has 0 bridgehead atoms. The van der Waals surface area contributed by atoms with E-state index in [0.29, 0.717) is 10.0 Å². The Hall–Kier alpha value is -0.770. The lowest BCUT2D eigenvalue weighted by Gasteiger charge is -2.32. The molecule has 1 aliphatic rings. The van der Waals surface area contributed by atoms with Crippen LogP contribution in [0.25, 0.3) is 0 Å². The molecule has 0 unspecified atom stereocenters. The summed E-state index contributed by atoms with van der Waals surface area (Å²) >= 11 is 12.2. The fourth-order valence-electron chi connectivity index (χ4n) is 2.77. The van der Waals surface area contributed by atoms with Crippen LogP contribution in [-0.2, 0) is 11.3 Å². The minimum Gasteiger partial charge on any atom is -0.353 e. The molecule has 2 rings (SSSR count). The summed E-state index contributed by atoms with van der Waals surface area (Å²) in [6.45, 7) is 6.70. The van der Waals surface area contributed by atoms with Crippen LogP contribution in [0.5, 0.6) is 0 Å². The SMILES string of the molecule is CC[C@H](C)NC(=O)[C@@H]1CCCN(Cc2ccc(Cl)cc2Cl)C1. The van der Waals surface area contributed by atoms with Crippen molar-refractivity contribution in [3.63, 3.8) is 0 Å². The fraction of sp³-hybridized carbons (Fsp3) is 0.588. The van der Waals surface area contributed by atoms with Gasteiger partial charge in [0, 0.05) is 29.2 Å². The summed E-state index contributed by atoms with van der Waals surface area (Å²) in [6.07, 6.45) is 2.97. The molecule has 1 heterocycles. The second-order valence-electron chi connectivity index (χ2n) is 6.13. The predicted molar refractivity (Wildman–Crippen MR) is 92.4 cm³/mol. The average Bonchev–Trinajstić information content (AvgIpc) is 2.50. The van der Waals surface area contributed by atoms with E-state index in [2.05, 4.69) is 17.1 Å². The van der Waals surface area contributed by atoms with Gasteiger partial charge in [0.25, 0.3) is 0 Å². The Bertz CT molecular complexity index is 521. The van der Waals surface area contributed by atoms with Crippen LogP contribution in [0.3, 0.4) is 0 Å². The highest BCUT2D eigenvalue weighted by Crippen LogP contribution is 2.25. The van der Waals surface area contributed by atoms with Crippen molar-refractivity contribution in [1.82, 2.24) is 10.2 Å². The number of nitrogens with one attached hydrogen (secondary N) is 1. The van der Waals surface area contributed by atoms with Crippen LogP contribution in [0.15, 0.2) is 18.2 Å². The van der Waals surface area contributed by atoms with Crippen molar-refractivity contribution in [3.8, 4) is 0 Å². The number of rotatable bonds is 5. The molecule has 122 valence electrons. The number of carbonyl (C=O) groups is 1. The van der Waals surface area contributed by atoms with Gasteiger partial charge in [0.05, 0.1) is 5.92 Å². The maximum atomic E-state index is 12.3. The monoisotopic (exact) mass is 342 g/mol. The van der Waals surface area contributed by atoms with Crippen LogP contribution in [-0.4, -0.2) is 29.9 Å². The number of benzene rings is 1. The summed E-state index contributed by atoms with van der Waals surface area (Å²) in [6, 6.07) is 5.84. The van der Waals surface area contributed by atoms with E-state index in [1.54, 1.807) is 6.07 Å². The van der Waals surface area contributed by atoms with Gasteiger partial charge in [-0.25, -0.2) is 0 Å². The largest absolute Gasteiger partial charge is 0.353 e. The summed E-state index contributed by atoms with van der Waals surface area (Å²) in [5.74, 6) is 0.259. The molecule has 3 nitrogen and oxygen atoms in total. The van der Waals surface area contributed by atoms with E-state index >= 15 is 0 Å². The molecule has 0 saturated carbocycles. The third kappa shape index (κ3) is 4.87. The first-order valence-corrected chi connectivity index (χ1v) is 8.71. The number of carbonyl (C=O) groups excluding carboxylic acids is 1. The van der Waals surface area contributed by atoms with E-state index in [1.165, 1.54) is 0 Å². The van der Waals surface area contributed by atoms with Gasteiger partial charge in [0.2, 0.25) is 5.91 Å². The van der Waals surface area contributed by atoms with Crippen molar-refractivity contribution in [2.24, 2.45) is 5.92 Å². The maximum Gasteiger partial charge on any atom is 0.224 e. The Kier molecular flexibility index (Phi) is 6.54. The normalized spacial score (nSPS) is 20.6. The molecule has 0 aliphatic carbocycles.